The molecule has 0 aliphatic carbocycles. The fourth-order valence-electron chi connectivity index (χ4n) is 4.75. The number of nitrogens with zero attached hydrogens (tertiary/aromatic N) is 5. The van der Waals surface area contributed by atoms with E-state index in [-0.39, 0.29) is 5.78 Å². The summed E-state index contributed by atoms with van der Waals surface area (Å²) in [5, 5.41) is 10.6. The number of unbranched alkanes of at least 4 members (excludes halogenated alkanes) is 1. The van der Waals surface area contributed by atoms with Gasteiger partial charge in [0.15, 0.2) is 16.7 Å². The molecule has 0 bridgehead atoms. The van der Waals surface area contributed by atoms with Crippen molar-refractivity contribution in [2.24, 2.45) is 5.92 Å². The van der Waals surface area contributed by atoms with Gasteiger partial charge in [-0.15, -0.1) is 10.2 Å². The fourth-order valence-corrected chi connectivity index (χ4v) is 5.64. The molecule has 0 spiro atoms. The van der Waals surface area contributed by atoms with Crippen LogP contribution in [0.1, 0.15) is 59.5 Å². The number of fused-ring (bicyclic) bond motifs is 2. The summed E-state index contributed by atoms with van der Waals surface area (Å²) in [5.74, 6) is 2.45. The highest BCUT2D eigenvalue weighted by molar-refractivity contribution is 7.17. The highest BCUT2D eigenvalue weighted by atomic mass is 32.1. The minimum Gasteiger partial charge on any atom is -0.361 e. The molecule has 172 valence electrons. The number of para-hydroxylation sites is 1. The standard InChI is InChI=1S/C25H30N6OS/c1-3-4-7-18(12-19-14-26-21-9-6-5-8-20(19)21)13-22(32)23-15-27-25(33-23)30-10-11-31-17(2)28-29-24(31)16-30/h5-6,8-9,14-15,18,26H,3-4,7,10-13,16H2,1-2H3. The monoisotopic (exact) mass is 462 g/mol. The first-order valence-electron chi connectivity index (χ1n) is 11.8. The smallest absolute Gasteiger partial charge is 0.186 e. The first kappa shape index (κ1) is 21.8. The number of anilines is 1. The molecule has 1 N–H and O–H groups in total. The Balaban J connectivity index is 1.27. The number of hydrogen-bond acceptors (Lipinski definition) is 6. The van der Waals surface area contributed by atoms with Gasteiger partial charge in [0.05, 0.1) is 17.6 Å². The van der Waals surface area contributed by atoms with E-state index in [0.29, 0.717) is 18.9 Å². The predicted octanol–water partition coefficient (Wildman–Crippen LogP) is 5.17. The molecule has 0 saturated heterocycles. The van der Waals surface area contributed by atoms with E-state index in [2.05, 4.69) is 67.0 Å². The normalized spacial score (nSPS) is 14.5. The summed E-state index contributed by atoms with van der Waals surface area (Å²) >= 11 is 1.51. The number of aryl methyl sites for hydroxylation is 1. The van der Waals surface area contributed by atoms with Gasteiger partial charge in [0.1, 0.15) is 5.82 Å². The second-order valence-electron chi connectivity index (χ2n) is 8.94. The van der Waals surface area contributed by atoms with E-state index in [0.717, 1.165) is 65.9 Å². The quantitative estimate of drug-likeness (QED) is 0.347. The van der Waals surface area contributed by atoms with Crippen molar-refractivity contribution in [2.75, 3.05) is 11.4 Å². The van der Waals surface area contributed by atoms with Gasteiger partial charge in [-0.3, -0.25) is 4.79 Å². The average Bonchev–Trinajstić information content (AvgIpc) is 3.57. The summed E-state index contributed by atoms with van der Waals surface area (Å²) in [7, 11) is 0. The van der Waals surface area contributed by atoms with Gasteiger partial charge < -0.3 is 14.5 Å². The second-order valence-corrected chi connectivity index (χ2v) is 9.95. The number of carbonyl (C=O) groups excluding carboxylic acids is 1. The lowest BCUT2D eigenvalue weighted by atomic mass is 9.89. The highest BCUT2D eigenvalue weighted by Crippen LogP contribution is 2.30. The molecule has 0 amide bonds. The number of aromatic amines is 1. The van der Waals surface area contributed by atoms with Crippen molar-refractivity contribution in [1.82, 2.24) is 24.7 Å². The van der Waals surface area contributed by atoms with Crippen LogP contribution < -0.4 is 4.90 Å². The lowest BCUT2D eigenvalue weighted by Gasteiger charge is -2.27. The summed E-state index contributed by atoms with van der Waals surface area (Å²) in [6.45, 7) is 6.58. The van der Waals surface area contributed by atoms with Gasteiger partial charge in [-0.1, -0.05) is 49.3 Å². The number of aromatic nitrogens is 5. The largest absolute Gasteiger partial charge is 0.361 e. The fraction of sp³-hybridized carbons (Fsp3) is 0.440. The first-order valence-corrected chi connectivity index (χ1v) is 12.6. The SMILES string of the molecule is CCCCC(CC(=O)c1cnc(N2CCn3c(C)nnc3C2)s1)Cc1c[nH]c2ccccc12. The van der Waals surface area contributed by atoms with Crippen LogP contribution >= 0.6 is 11.3 Å². The summed E-state index contributed by atoms with van der Waals surface area (Å²) in [6.07, 6.45) is 8.70. The molecule has 5 rings (SSSR count). The zero-order chi connectivity index (χ0) is 22.8. The number of Topliss-reactive ketones (excluding diaryl/α,β-unsaturated/α-hetero) is 1. The number of H-pyrrole nitrogens is 1. The summed E-state index contributed by atoms with van der Waals surface area (Å²) < 4.78 is 2.15. The lowest BCUT2D eigenvalue weighted by Crippen LogP contribution is -2.34. The van der Waals surface area contributed by atoms with E-state index in [1.54, 1.807) is 6.20 Å². The maximum Gasteiger partial charge on any atom is 0.186 e. The number of nitrogens with one attached hydrogen (secondary N) is 1. The third-order valence-corrected chi connectivity index (χ3v) is 7.70. The second kappa shape index (κ2) is 9.47. The van der Waals surface area contributed by atoms with Crippen molar-refractivity contribution < 1.29 is 4.79 Å². The minimum absolute atomic E-state index is 0.204. The van der Waals surface area contributed by atoms with Gasteiger partial charge in [0, 0.05) is 36.6 Å². The predicted molar refractivity (Wildman–Crippen MR) is 132 cm³/mol. The number of carbonyl (C=O) groups is 1. The Labute approximate surface area is 197 Å². The van der Waals surface area contributed by atoms with E-state index in [4.69, 9.17) is 0 Å². The summed E-state index contributed by atoms with van der Waals surface area (Å²) in [6, 6.07) is 8.40. The molecule has 7 nitrogen and oxygen atoms in total. The number of ketones is 1. The molecule has 0 radical (unpaired) electrons. The Morgan fingerprint density at radius 3 is 3.00 bits per heavy atom. The van der Waals surface area contributed by atoms with Crippen LogP contribution in [0.15, 0.2) is 36.7 Å². The van der Waals surface area contributed by atoms with Crippen molar-refractivity contribution in [3.8, 4) is 0 Å². The van der Waals surface area contributed by atoms with Crippen LogP contribution in [-0.2, 0) is 19.5 Å². The van der Waals surface area contributed by atoms with Crippen molar-refractivity contribution in [1.29, 1.82) is 0 Å². The lowest BCUT2D eigenvalue weighted by molar-refractivity contribution is 0.0962. The topological polar surface area (TPSA) is 79.7 Å². The molecule has 1 unspecified atom stereocenters. The number of hydrogen-bond donors (Lipinski definition) is 1. The Bertz CT molecular complexity index is 1250. The number of benzene rings is 1. The van der Waals surface area contributed by atoms with E-state index < -0.39 is 0 Å². The third-order valence-electron chi connectivity index (χ3n) is 6.60. The molecule has 1 aromatic carbocycles. The van der Waals surface area contributed by atoms with Crippen molar-refractivity contribution >= 4 is 33.2 Å². The maximum absolute atomic E-state index is 13.2. The van der Waals surface area contributed by atoms with Gasteiger partial charge >= 0.3 is 0 Å². The van der Waals surface area contributed by atoms with Crippen molar-refractivity contribution in [3.05, 3.63) is 58.7 Å². The van der Waals surface area contributed by atoms with E-state index >= 15 is 0 Å². The Morgan fingerprint density at radius 1 is 1.24 bits per heavy atom. The average molecular weight is 463 g/mol. The van der Waals surface area contributed by atoms with E-state index in [9.17, 15) is 4.79 Å². The molecule has 1 aliphatic heterocycles. The van der Waals surface area contributed by atoms with E-state index in [1.165, 1.54) is 22.3 Å². The molecule has 1 atom stereocenters. The summed E-state index contributed by atoms with van der Waals surface area (Å²) in [4.78, 5) is 24.1. The van der Waals surface area contributed by atoms with Crippen LogP contribution in [0.3, 0.4) is 0 Å². The van der Waals surface area contributed by atoms with Crippen LogP contribution in [0.2, 0.25) is 0 Å². The Kier molecular flexibility index (Phi) is 6.26. The molecule has 0 saturated carbocycles. The van der Waals surface area contributed by atoms with Gasteiger partial charge in [0.2, 0.25) is 0 Å². The van der Waals surface area contributed by atoms with Crippen LogP contribution in [0.25, 0.3) is 10.9 Å². The molecule has 0 fully saturated rings. The van der Waals surface area contributed by atoms with Crippen LogP contribution in [-0.4, -0.2) is 37.1 Å². The Hall–Kier alpha value is -3.00. The molecule has 4 aromatic rings. The van der Waals surface area contributed by atoms with Crippen LogP contribution in [0.4, 0.5) is 5.13 Å². The first-order chi connectivity index (χ1) is 16.1. The molecule has 1 aliphatic rings. The zero-order valence-electron chi connectivity index (χ0n) is 19.3. The molecule has 8 heteroatoms. The number of thiazole rings is 1. The van der Waals surface area contributed by atoms with E-state index in [1.807, 2.05) is 6.92 Å². The molecule has 33 heavy (non-hydrogen) atoms. The van der Waals surface area contributed by atoms with Gasteiger partial charge in [-0.2, -0.15) is 0 Å². The highest BCUT2D eigenvalue weighted by Gasteiger charge is 2.24. The summed E-state index contributed by atoms with van der Waals surface area (Å²) in [5.41, 5.74) is 2.46. The molecular weight excluding hydrogens is 432 g/mol. The van der Waals surface area contributed by atoms with Crippen LogP contribution in [0.5, 0.6) is 0 Å². The minimum atomic E-state index is 0.204. The third kappa shape index (κ3) is 4.57. The molecule has 4 heterocycles. The van der Waals surface area contributed by atoms with Gasteiger partial charge in [-0.25, -0.2) is 4.98 Å². The number of rotatable bonds is 9. The zero-order valence-corrected chi connectivity index (χ0v) is 20.1. The maximum atomic E-state index is 13.2. The van der Waals surface area contributed by atoms with Gasteiger partial charge in [0.25, 0.3) is 0 Å². The van der Waals surface area contributed by atoms with Gasteiger partial charge in [-0.05, 0) is 37.3 Å². The molecule has 3 aromatic heterocycles. The van der Waals surface area contributed by atoms with Crippen molar-refractivity contribution in [2.45, 2.75) is 59.0 Å². The Morgan fingerprint density at radius 2 is 2.12 bits per heavy atom. The molecular formula is C25H30N6OS. The van der Waals surface area contributed by atoms with Crippen molar-refractivity contribution in [3.63, 3.8) is 0 Å². The van der Waals surface area contributed by atoms with Crippen LogP contribution in [0, 0.1) is 12.8 Å².